The maximum atomic E-state index is 10.6. The number of imidazole rings is 1. The van der Waals surface area contributed by atoms with Crippen LogP contribution >= 0.6 is 23.2 Å². The molecular weight excluding hydrogens is 435 g/mol. The number of piperidine rings is 1. The first-order chi connectivity index (χ1) is 15.0. The molecule has 0 amide bonds. The molecule has 166 valence electrons. The molecule has 0 unspecified atom stereocenters. The molecule has 0 bridgehead atoms. The quantitative estimate of drug-likeness (QED) is 0.528. The largest absolute Gasteiger partial charge is 0.489 e. The van der Waals surface area contributed by atoms with E-state index in [2.05, 4.69) is 4.90 Å². The van der Waals surface area contributed by atoms with Crippen LogP contribution < -0.4 is 10.4 Å². The normalized spacial score (nSPS) is 16.0. The number of halogens is 2. The van der Waals surface area contributed by atoms with Crippen LogP contribution in [0.4, 0.5) is 0 Å². The Hall–Kier alpha value is -1.99. The molecule has 0 spiro atoms. The van der Waals surface area contributed by atoms with Crippen molar-refractivity contribution in [2.45, 2.75) is 38.5 Å². The zero-order valence-corrected chi connectivity index (χ0v) is 18.9. The summed E-state index contributed by atoms with van der Waals surface area (Å²) in [7, 11) is 0. The maximum absolute atomic E-state index is 10.6. The minimum Gasteiger partial charge on any atom is -0.489 e. The zero-order chi connectivity index (χ0) is 21.8. The number of hydrogen-bond donors (Lipinski definition) is 2. The number of ether oxygens (including phenoxy) is 1. The Morgan fingerprint density at radius 1 is 0.968 bits per heavy atom. The maximum Gasteiger partial charge on any atom is 0.203 e. The summed E-state index contributed by atoms with van der Waals surface area (Å²) in [6.07, 6.45) is 3.03. The van der Waals surface area contributed by atoms with Gasteiger partial charge in [-0.15, -0.1) is 0 Å². The molecule has 0 aliphatic carbocycles. The molecule has 3 aromatic rings. The van der Waals surface area contributed by atoms with Gasteiger partial charge in [-0.1, -0.05) is 41.8 Å². The molecule has 1 aromatic heterocycles. The number of nitrogens with zero attached hydrogens (tertiary/aromatic N) is 3. The van der Waals surface area contributed by atoms with Crippen molar-refractivity contribution in [2.75, 3.05) is 26.2 Å². The predicted octanol–water partition coefficient (Wildman–Crippen LogP) is 4.15. The lowest BCUT2D eigenvalue weighted by atomic mass is 10.1. The van der Waals surface area contributed by atoms with E-state index in [1.807, 2.05) is 33.4 Å². The predicted molar refractivity (Wildman–Crippen MR) is 124 cm³/mol. The van der Waals surface area contributed by atoms with E-state index in [1.54, 1.807) is 18.2 Å². The first-order valence-electron chi connectivity index (χ1n) is 10.7. The second-order valence-corrected chi connectivity index (χ2v) is 8.86. The van der Waals surface area contributed by atoms with Crippen molar-refractivity contribution in [3.8, 4) is 5.75 Å². The number of benzene rings is 2. The van der Waals surface area contributed by atoms with Crippen molar-refractivity contribution in [3.05, 3.63) is 58.1 Å². The lowest BCUT2D eigenvalue weighted by molar-refractivity contribution is 0.0921. The van der Waals surface area contributed by atoms with Crippen LogP contribution in [0.25, 0.3) is 11.0 Å². The van der Waals surface area contributed by atoms with Gasteiger partial charge in [-0.25, -0.2) is 0 Å². The van der Waals surface area contributed by atoms with E-state index in [-0.39, 0.29) is 13.2 Å². The number of aliphatic hydroxyl groups is 1. The van der Waals surface area contributed by atoms with Gasteiger partial charge in [-0.05, 0) is 56.3 Å². The third-order valence-electron chi connectivity index (χ3n) is 5.78. The lowest BCUT2D eigenvalue weighted by Crippen LogP contribution is -2.36. The average Bonchev–Trinajstić information content (AvgIpc) is 3.03. The van der Waals surface area contributed by atoms with Crippen LogP contribution in [0, 0.1) is 5.41 Å². The number of likely N-dealkylation sites (tertiary alicyclic amines) is 1. The first kappa shape index (κ1) is 22.2. The number of para-hydroxylation sites is 2. The fourth-order valence-corrected chi connectivity index (χ4v) is 4.63. The van der Waals surface area contributed by atoms with Crippen molar-refractivity contribution in [3.63, 3.8) is 0 Å². The Kier molecular flexibility index (Phi) is 7.23. The van der Waals surface area contributed by atoms with E-state index in [9.17, 15) is 5.11 Å². The molecule has 2 aromatic carbocycles. The summed E-state index contributed by atoms with van der Waals surface area (Å²) >= 11 is 12.1. The first-order valence-corrected chi connectivity index (χ1v) is 11.5. The van der Waals surface area contributed by atoms with Gasteiger partial charge in [-0.3, -0.25) is 5.41 Å². The van der Waals surface area contributed by atoms with Gasteiger partial charge in [0, 0.05) is 18.1 Å². The zero-order valence-electron chi connectivity index (χ0n) is 17.4. The van der Waals surface area contributed by atoms with Gasteiger partial charge in [-0.2, -0.15) is 0 Å². The van der Waals surface area contributed by atoms with Gasteiger partial charge in [0.05, 0.1) is 22.6 Å². The standard InChI is InChI=1S/C23H28Cl2N4O2/c24-17-8-9-22(19(25)14-17)31-16-18(30)15-29-21-7-3-2-6-20(21)28(23(29)26)13-12-27-10-4-1-5-11-27/h2-3,6-9,14,18,26,30H,1,4-5,10-13,15-16H2/t18-/m0/s1. The molecule has 0 saturated carbocycles. The van der Waals surface area contributed by atoms with Crippen LogP contribution in [-0.2, 0) is 13.1 Å². The van der Waals surface area contributed by atoms with E-state index in [4.69, 9.17) is 33.3 Å². The molecule has 1 fully saturated rings. The van der Waals surface area contributed by atoms with Crippen molar-refractivity contribution < 1.29 is 9.84 Å². The SMILES string of the molecule is N=c1n(CCN2CCCCC2)c2ccccc2n1C[C@H](O)COc1ccc(Cl)cc1Cl. The third kappa shape index (κ3) is 5.26. The monoisotopic (exact) mass is 462 g/mol. The summed E-state index contributed by atoms with van der Waals surface area (Å²) in [4.78, 5) is 2.47. The van der Waals surface area contributed by atoms with Crippen LogP contribution in [0.3, 0.4) is 0 Å². The molecule has 1 atom stereocenters. The second kappa shape index (κ2) is 10.1. The minimum atomic E-state index is -0.790. The van der Waals surface area contributed by atoms with E-state index in [0.29, 0.717) is 21.4 Å². The molecular formula is C23H28Cl2N4O2. The highest BCUT2D eigenvalue weighted by molar-refractivity contribution is 6.35. The molecule has 1 saturated heterocycles. The van der Waals surface area contributed by atoms with Crippen LogP contribution in [0.15, 0.2) is 42.5 Å². The molecule has 6 nitrogen and oxygen atoms in total. The summed E-state index contributed by atoms with van der Waals surface area (Å²) < 4.78 is 9.57. The van der Waals surface area contributed by atoms with Gasteiger partial charge < -0.3 is 23.9 Å². The number of nitrogens with one attached hydrogen (secondary N) is 1. The van der Waals surface area contributed by atoms with Gasteiger partial charge in [0.1, 0.15) is 18.5 Å². The van der Waals surface area contributed by atoms with Crippen molar-refractivity contribution in [1.29, 1.82) is 5.41 Å². The summed E-state index contributed by atoms with van der Waals surface area (Å²) in [6.45, 7) is 4.30. The lowest BCUT2D eigenvalue weighted by Gasteiger charge is -2.26. The molecule has 8 heteroatoms. The fourth-order valence-electron chi connectivity index (χ4n) is 4.17. The van der Waals surface area contributed by atoms with Gasteiger partial charge in [0.25, 0.3) is 0 Å². The topological polar surface area (TPSA) is 66.4 Å². The van der Waals surface area contributed by atoms with Crippen molar-refractivity contribution in [2.24, 2.45) is 0 Å². The Balaban J connectivity index is 1.47. The molecule has 1 aliphatic rings. The van der Waals surface area contributed by atoms with E-state index in [1.165, 1.54) is 19.3 Å². The molecule has 2 heterocycles. The number of rotatable bonds is 8. The van der Waals surface area contributed by atoms with E-state index >= 15 is 0 Å². The molecule has 1 aliphatic heterocycles. The fraction of sp³-hybridized carbons (Fsp3) is 0.435. The number of hydrogen-bond acceptors (Lipinski definition) is 4. The number of aromatic nitrogens is 2. The van der Waals surface area contributed by atoms with Gasteiger partial charge in [0.2, 0.25) is 5.62 Å². The highest BCUT2D eigenvalue weighted by atomic mass is 35.5. The van der Waals surface area contributed by atoms with Crippen LogP contribution in [0.5, 0.6) is 5.75 Å². The average molecular weight is 463 g/mol. The van der Waals surface area contributed by atoms with Crippen LogP contribution in [-0.4, -0.2) is 51.5 Å². The highest BCUT2D eigenvalue weighted by Crippen LogP contribution is 2.27. The van der Waals surface area contributed by atoms with Crippen molar-refractivity contribution >= 4 is 34.2 Å². The number of fused-ring (bicyclic) bond motifs is 1. The Labute approximate surface area is 192 Å². The smallest absolute Gasteiger partial charge is 0.203 e. The number of aliphatic hydroxyl groups excluding tert-OH is 1. The summed E-state index contributed by atoms with van der Waals surface area (Å²) in [5.41, 5.74) is 2.34. The second-order valence-electron chi connectivity index (χ2n) is 8.02. The molecule has 4 rings (SSSR count). The Morgan fingerprint density at radius 2 is 1.68 bits per heavy atom. The van der Waals surface area contributed by atoms with Crippen LogP contribution in [0.2, 0.25) is 10.0 Å². The minimum absolute atomic E-state index is 0.0705. The van der Waals surface area contributed by atoms with Gasteiger partial charge >= 0.3 is 0 Å². The summed E-state index contributed by atoms with van der Waals surface area (Å²) in [5, 5.41) is 20.3. The summed E-state index contributed by atoms with van der Waals surface area (Å²) in [6, 6.07) is 13.0. The van der Waals surface area contributed by atoms with Crippen LogP contribution in [0.1, 0.15) is 19.3 Å². The third-order valence-corrected chi connectivity index (χ3v) is 6.31. The Morgan fingerprint density at radius 3 is 2.39 bits per heavy atom. The molecule has 31 heavy (non-hydrogen) atoms. The van der Waals surface area contributed by atoms with E-state index < -0.39 is 6.10 Å². The van der Waals surface area contributed by atoms with Gasteiger partial charge in [0.15, 0.2) is 0 Å². The highest BCUT2D eigenvalue weighted by Gasteiger charge is 2.16. The Bertz CT molecular complexity index is 1090. The van der Waals surface area contributed by atoms with Crippen molar-refractivity contribution in [1.82, 2.24) is 14.0 Å². The van der Waals surface area contributed by atoms with E-state index in [0.717, 1.165) is 37.2 Å². The summed E-state index contributed by atoms with van der Waals surface area (Å²) in [5.74, 6) is 0.477. The molecule has 2 N–H and O–H groups in total. The molecule has 0 radical (unpaired) electrons.